The van der Waals surface area contributed by atoms with Crippen LogP contribution in [0.1, 0.15) is 43.7 Å². The Morgan fingerprint density at radius 3 is 2.22 bits per heavy atom. The minimum atomic E-state index is 0.172. The number of para-hydroxylation sites is 1. The highest BCUT2D eigenvalue weighted by Gasteiger charge is 2.43. The van der Waals surface area contributed by atoms with Crippen LogP contribution in [0.5, 0.6) is 0 Å². The van der Waals surface area contributed by atoms with Crippen molar-refractivity contribution in [3.05, 3.63) is 66.2 Å². The second-order valence-corrected chi connectivity index (χ2v) is 6.80. The van der Waals surface area contributed by atoms with E-state index in [1.807, 2.05) is 6.07 Å². The lowest BCUT2D eigenvalue weighted by molar-refractivity contribution is -0.126. The van der Waals surface area contributed by atoms with Gasteiger partial charge in [-0.1, -0.05) is 61.4 Å². The van der Waals surface area contributed by atoms with Crippen molar-refractivity contribution in [1.82, 2.24) is 0 Å². The zero-order valence-electron chi connectivity index (χ0n) is 13.4. The van der Waals surface area contributed by atoms with Gasteiger partial charge in [-0.3, -0.25) is 4.79 Å². The summed E-state index contributed by atoms with van der Waals surface area (Å²) in [6, 6.07) is 21.7. The van der Waals surface area contributed by atoms with Crippen LogP contribution in [0.15, 0.2) is 60.7 Å². The number of rotatable bonds is 2. The number of carbonyl (C=O) groups excluding carboxylic acids is 1. The highest BCUT2D eigenvalue weighted by Crippen LogP contribution is 2.44. The number of hydrogen-bond donors (Lipinski definition) is 0. The summed E-state index contributed by atoms with van der Waals surface area (Å²) in [6.07, 6.45) is 5.27. The van der Waals surface area contributed by atoms with Crippen molar-refractivity contribution in [2.75, 3.05) is 4.90 Å². The molecule has 0 bridgehead atoms. The monoisotopic (exact) mass is 305 g/mol. The molecule has 0 N–H and O–H groups in total. The molecule has 4 rings (SSSR count). The lowest BCUT2D eigenvalue weighted by Crippen LogP contribution is -2.52. The largest absolute Gasteiger partial charge is 0.360 e. The molecule has 3 unspecified atom stereocenters. The SMILES string of the molecule is O=C1CC(c2ccccc2)N(c2ccccc2)C2CCCCC12. The normalized spacial score (nSPS) is 27.6. The van der Waals surface area contributed by atoms with Crippen molar-refractivity contribution < 1.29 is 4.79 Å². The lowest BCUT2D eigenvalue weighted by atomic mass is 9.74. The molecule has 2 aromatic rings. The van der Waals surface area contributed by atoms with Gasteiger partial charge < -0.3 is 4.90 Å². The zero-order chi connectivity index (χ0) is 15.6. The number of ketones is 1. The number of piperidine rings is 1. The lowest BCUT2D eigenvalue weighted by Gasteiger charge is -2.49. The maximum atomic E-state index is 12.8. The van der Waals surface area contributed by atoms with Gasteiger partial charge >= 0.3 is 0 Å². The van der Waals surface area contributed by atoms with E-state index in [1.54, 1.807) is 0 Å². The van der Waals surface area contributed by atoms with Crippen LogP contribution in [0.2, 0.25) is 0 Å². The molecule has 1 saturated heterocycles. The third kappa shape index (κ3) is 2.67. The van der Waals surface area contributed by atoms with E-state index < -0.39 is 0 Å². The zero-order valence-corrected chi connectivity index (χ0v) is 13.4. The van der Waals surface area contributed by atoms with Crippen LogP contribution in [-0.2, 0) is 4.79 Å². The molecule has 0 amide bonds. The van der Waals surface area contributed by atoms with E-state index in [0.717, 1.165) is 12.8 Å². The van der Waals surface area contributed by atoms with Crippen molar-refractivity contribution in [2.45, 2.75) is 44.2 Å². The smallest absolute Gasteiger partial charge is 0.140 e. The fraction of sp³-hybridized carbons (Fsp3) is 0.381. The van der Waals surface area contributed by atoms with Crippen LogP contribution in [0, 0.1) is 5.92 Å². The predicted molar refractivity (Wildman–Crippen MR) is 93.5 cm³/mol. The van der Waals surface area contributed by atoms with Crippen LogP contribution in [0.4, 0.5) is 5.69 Å². The third-order valence-corrected chi connectivity index (χ3v) is 5.47. The summed E-state index contributed by atoms with van der Waals surface area (Å²) in [5, 5.41) is 0. The first kappa shape index (κ1) is 14.5. The van der Waals surface area contributed by atoms with E-state index in [4.69, 9.17) is 0 Å². The highest BCUT2D eigenvalue weighted by atomic mass is 16.1. The van der Waals surface area contributed by atoms with E-state index in [-0.39, 0.29) is 12.0 Å². The summed E-state index contributed by atoms with van der Waals surface area (Å²) in [7, 11) is 0. The number of fused-ring (bicyclic) bond motifs is 1. The van der Waals surface area contributed by atoms with Crippen molar-refractivity contribution in [3.8, 4) is 0 Å². The van der Waals surface area contributed by atoms with E-state index in [9.17, 15) is 4.79 Å². The first-order valence-electron chi connectivity index (χ1n) is 8.75. The van der Waals surface area contributed by atoms with Gasteiger partial charge in [0, 0.05) is 24.1 Å². The number of anilines is 1. The van der Waals surface area contributed by atoms with Crippen molar-refractivity contribution in [3.63, 3.8) is 0 Å². The molecule has 1 aliphatic carbocycles. The van der Waals surface area contributed by atoms with Gasteiger partial charge in [0.15, 0.2) is 0 Å². The van der Waals surface area contributed by atoms with E-state index in [0.29, 0.717) is 18.2 Å². The number of carbonyl (C=O) groups is 1. The van der Waals surface area contributed by atoms with Gasteiger partial charge in [-0.05, 0) is 30.5 Å². The fourth-order valence-electron chi connectivity index (χ4n) is 4.42. The van der Waals surface area contributed by atoms with Gasteiger partial charge in [0.25, 0.3) is 0 Å². The van der Waals surface area contributed by atoms with Crippen LogP contribution in [-0.4, -0.2) is 11.8 Å². The molecule has 0 radical (unpaired) electrons. The molecule has 23 heavy (non-hydrogen) atoms. The van der Waals surface area contributed by atoms with Gasteiger partial charge in [0.1, 0.15) is 5.78 Å². The maximum absolute atomic E-state index is 12.8. The summed E-state index contributed by atoms with van der Waals surface area (Å²) in [4.78, 5) is 15.3. The number of hydrogen-bond acceptors (Lipinski definition) is 2. The van der Waals surface area contributed by atoms with Gasteiger partial charge in [-0.15, -0.1) is 0 Å². The molecule has 0 spiro atoms. The van der Waals surface area contributed by atoms with E-state index in [1.165, 1.54) is 24.1 Å². The minimum absolute atomic E-state index is 0.172. The fourth-order valence-corrected chi connectivity index (χ4v) is 4.42. The molecule has 2 aromatic carbocycles. The number of nitrogens with zero attached hydrogens (tertiary/aromatic N) is 1. The standard InChI is InChI=1S/C21H23NO/c23-21-15-20(16-9-3-1-4-10-16)22(17-11-5-2-6-12-17)19-14-8-7-13-18(19)21/h1-6,9-12,18-20H,7-8,13-15H2. The number of benzene rings is 2. The Morgan fingerprint density at radius 2 is 1.48 bits per heavy atom. The molecule has 0 aromatic heterocycles. The highest BCUT2D eigenvalue weighted by molar-refractivity contribution is 5.85. The molecule has 2 aliphatic rings. The average Bonchev–Trinajstić information content (AvgIpc) is 2.63. The van der Waals surface area contributed by atoms with Crippen LogP contribution < -0.4 is 4.90 Å². The van der Waals surface area contributed by atoms with E-state index in [2.05, 4.69) is 59.5 Å². The van der Waals surface area contributed by atoms with Gasteiger partial charge in [0.05, 0.1) is 6.04 Å². The molecule has 2 heteroatoms. The molecule has 1 saturated carbocycles. The van der Waals surface area contributed by atoms with Crippen molar-refractivity contribution in [1.29, 1.82) is 0 Å². The van der Waals surface area contributed by atoms with Crippen LogP contribution >= 0.6 is 0 Å². The van der Waals surface area contributed by atoms with Gasteiger partial charge in [-0.2, -0.15) is 0 Å². The molecule has 2 fully saturated rings. The summed E-state index contributed by atoms with van der Waals surface area (Å²) in [5.41, 5.74) is 2.51. The van der Waals surface area contributed by atoms with Crippen molar-refractivity contribution >= 4 is 11.5 Å². The Labute approximate surface area is 138 Å². The molecule has 2 nitrogen and oxygen atoms in total. The Bertz CT molecular complexity index is 667. The second kappa shape index (κ2) is 6.19. The second-order valence-electron chi connectivity index (χ2n) is 6.80. The van der Waals surface area contributed by atoms with Crippen LogP contribution in [0.3, 0.4) is 0 Å². The maximum Gasteiger partial charge on any atom is 0.140 e. The van der Waals surface area contributed by atoms with Crippen LogP contribution in [0.25, 0.3) is 0 Å². The minimum Gasteiger partial charge on any atom is -0.360 e. The summed E-state index contributed by atoms with van der Waals surface area (Å²) >= 11 is 0. The quantitative estimate of drug-likeness (QED) is 0.797. The molecule has 118 valence electrons. The Kier molecular flexibility index (Phi) is 3.90. The first-order chi connectivity index (χ1) is 11.3. The average molecular weight is 305 g/mol. The summed E-state index contributed by atoms with van der Waals surface area (Å²) < 4.78 is 0. The Morgan fingerprint density at radius 1 is 0.826 bits per heavy atom. The molecule has 1 aliphatic heterocycles. The third-order valence-electron chi connectivity index (χ3n) is 5.47. The molecule has 1 heterocycles. The van der Waals surface area contributed by atoms with Gasteiger partial charge in [0.2, 0.25) is 0 Å². The molecule has 3 atom stereocenters. The Balaban J connectivity index is 1.78. The topological polar surface area (TPSA) is 20.3 Å². The Hall–Kier alpha value is -2.09. The molecular weight excluding hydrogens is 282 g/mol. The van der Waals surface area contributed by atoms with Crippen molar-refractivity contribution in [2.24, 2.45) is 5.92 Å². The van der Waals surface area contributed by atoms with Gasteiger partial charge in [-0.25, -0.2) is 0 Å². The predicted octanol–water partition coefficient (Wildman–Crippen LogP) is 4.77. The first-order valence-corrected chi connectivity index (χ1v) is 8.75. The summed E-state index contributed by atoms with van der Waals surface area (Å²) in [5.74, 6) is 0.694. The van der Waals surface area contributed by atoms with E-state index >= 15 is 0 Å². The number of Topliss-reactive ketones (excluding diaryl/α,β-unsaturated/α-hetero) is 1. The summed E-state index contributed by atoms with van der Waals surface area (Å²) in [6.45, 7) is 0. The molecular formula is C21H23NO.